The molecule has 31 heavy (non-hydrogen) atoms. The zero-order valence-corrected chi connectivity index (χ0v) is 18.3. The van der Waals surface area contributed by atoms with Crippen LogP contribution in [0.15, 0.2) is 54.6 Å². The Balaban J connectivity index is 1.33. The van der Waals surface area contributed by atoms with Crippen molar-refractivity contribution in [3.63, 3.8) is 0 Å². The Kier molecular flexibility index (Phi) is 6.39. The number of carbonyl (C=O) groups is 2. The molecule has 1 unspecified atom stereocenters. The first-order valence-electron chi connectivity index (χ1n) is 11.1. The van der Waals surface area contributed by atoms with Crippen LogP contribution < -0.4 is 10.2 Å². The lowest BCUT2D eigenvalue weighted by Gasteiger charge is -2.49. The maximum atomic E-state index is 12.7. The van der Waals surface area contributed by atoms with Gasteiger partial charge in [-0.15, -0.1) is 0 Å². The number of hydrogen-bond donors (Lipinski definition) is 1. The van der Waals surface area contributed by atoms with Crippen LogP contribution in [0.3, 0.4) is 0 Å². The zero-order valence-electron chi connectivity index (χ0n) is 18.3. The van der Waals surface area contributed by atoms with Gasteiger partial charge in [-0.2, -0.15) is 0 Å². The number of carbonyl (C=O) groups excluding carboxylic acids is 2. The molecule has 2 fully saturated rings. The van der Waals surface area contributed by atoms with Gasteiger partial charge in [-0.25, -0.2) is 0 Å². The van der Waals surface area contributed by atoms with Gasteiger partial charge in [0.1, 0.15) is 6.10 Å². The molecule has 164 valence electrons. The smallest absolute Gasteiger partial charge is 0.255 e. The molecule has 0 saturated carbocycles. The van der Waals surface area contributed by atoms with Crippen molar-refractivity contribution in [2.24, 2.45) is 0 Å². The molecular weight excluding hydrogens is 390 g/mol. The molecule has 2 aromatic carbocycles. The maximum Gasteiger partial charge on any atom is 0.255 e. The van der Waals surface area contributed by atoms with Gasteiger partial charge in [-0.3, -0.25) is 9.59 Å². The average Bonchev–Trinajstić information content (AvgIpc) is 2.81. The van der Waals surface area contributed by atoms with Crippen LogP contribution in [0.1, 0.15) is 35.7 Å². The van der Waals surface area contributed by atoms with Crippen molar-refractivity contribution >= 4 is 17.5 Å². The van der Waals surface area contributed by atoms with E-state index in [4.69, 9.17) is 4.74 Å². The van der Waals surface area contributed by atoms with E-state index in [0.717, 1.165) is 44.6 Å². The van der Waals surface area contributed by atoms with E-state index < -0.39 is 6.10 Å². The molecular formula is C25H31N3O3. The minimum absolute atomic E-state index is 0.0412. The third-order valence-electron chi connectivity index (χ3n) is 6.48. The molecule has 1 spiro atoms. The van der Waals surface area contributed by atoms with E-state index in [9.17, 15) is 9.59 Å². The van der Waals surface area contributed by atoms with Crippen LogP contribution >= 0.6 is 0 Å². The number of anilines is 1. The number of nitrogens with one attached hydrogen (secondary N) is 1. The number of nitrogens with zero attached hydrogens (tertiary/aromatic N) is 2. The van der Waals surface area contributed by atoms with Crippen LogP contribution in [0.25, 0.3) is 0 Å². The van der Waals surface area contributed by atoms with Crippen LogP contribution in [-0.4, -0.2) is 61.6 Å². The summed E-state index contributed by atoms with van der Waals surface area (Å²) in [5.74, 6) is -0.0166. The zero-order chi connectivity index (χ0) is 21.8. The third-order valence-corrected chi connectivity index (χ3v) is 6.48. The summed E-state index contributed by atoms with van der Waals surface area (Å²) < 4.78 is 6.28. The highest BCUT2D eigenvalue weighted by molar-refractivity contribution is 5.97. The number of amides is 2. The second-order valence-corrected chi connectivity index (χ2v) is 8.57. The number of rotatable bonds is 5. The van der Waals surface area contributed by atoms with Crippen LogP contribution in [0, 0.1) is 0 Å². The fourth-order valence-corrected chi connectivity index (χ4v) is 4.59. The number of benzene rings is 2. The van der Waals surface area contributed by atoms with E-state index in [1.54, 1.807) is 7.05 Å². The van der Waals surface area contributed by atoms with Gasteiger partial charge >= 0.3 is 0 Å². The Morgan fingerprint density at radius 3 is 2.42 bits per heavy atom. The molecule has 0 aromatic heterocycles. The van der Waals surface area contributed by atoms with Crippen molar-refractivity contribution < 1.29 is 14.3 Å². The predicted molar refractivity (Wildman–Crippen MR) is 121 cm³/mol. The number of para-hydroxylation sites is 1. The van der Waals surface area contributed by atoms with Crippen molar-refractivity contribution in [3.8, 4) is 0 Å². The summed E-state index contributed by atoms with van der Waals surface area (Å²) in [7, 11) is 1.64. The molecule has 2 aliphatic rings. The van der Waals surface area contributed by atoms with Gasteiger partial charge in [0.2, 0.25) is 0 Å². The molecule has 2 aliphatic heterocycles. The molecule has 2 aromatic rings. The van der Waals surface area contributed by atoms with Gasteiger partial charge in [0.15, 0.2) is 0 Å². The fourth-order valence-electron chi connectivity index (χ4n) is 4.59. The lowest BCUT2D eigenvalue weighted by Crippen LogP contribution is -2.61. The molecule has 0 radical (unpaired) electrons. The van der Waals surface area contributed by atoms with Gasteiger partial charge < -0.3 is 19.9 Å². The summed E-state index contributed by atoms with van der Waals surface area (Å²) in [6.45, 7) is 5.38. The van der Waals surface area contributed by atoms with E-state index in [1.807, 2.05) is 66.4 Å². The minimum atomic E-state index is -0.417. The Labute approximate surface area is 184 Å². The summed E-state index contributed by atoms with van der Waals surface area (Å²) in [4.78, 5) is 28.8. The van der Waals surface area contributed by atoms with E-state index in [0.29, 0.717) is 12.1 Å². The van der Waals surface area contributed by atoms with Gasteiger partial charge in [0.05, 0.1) is 12.1 Å². The number of ether oxygens (including phenoxy) is 1. The quantitative estimate of drug-likeness (QED) is 0.807. The Morgan fingerprint density at radius 1 is 1.10 bits per heavy atom. The van der Waals surface area contributed by atoms with Crippen molar-refractivity contribution in [3.05, 3.63) is 65.7 Å². The minimum Gasteiger partial charge on any atom is -0.360 e. The van der Waals surface area contributed by atoms with Crippen LogP contribution in [0.4, 0.5) is 5.69 Å². The highest BCUT2D eigenvalue weighted by Gasteiger charge is 2.45. The van der Waals surface area contributed by atoms with Crippen LogP contribution in [0.5, 0.6) is 0 Å². The van der Waals surface area contributed by atoms with Crippen LogP contribution in [0.2, 0.25) is 0 Å². The average molecular weight is 422 g/mol. The van der Waals surface area contributed by atoms with Crippen molar-refractivity contribution in [2.75, 3.05) is 38.1 Å². The van der Waals surface area contributed by atoms with Gasteiger partial charge in [0.25, 0.3) is 11.8 Å². The molecule has 2 amide bonds. The number of piperidine rings is 1. The monoisotopic (exact) mass is 421 g/mol. The molecule has 2 heterocycles. The molecule has 6 nitrogen and oxygen atoms in total. The first-order chi connectivity index (χ1) is 15.0. The van der Waals surface area contributed by atoms with Gasteiger partial charge in [-0.05, 0) is 56.0 Å². The first kappa shape index (κ1) is 21.5. The summed E-state index contributed by atoms with van der Waals surface area (Å²) in [5, 5.41) is 2.65. The summed E-state index contributed by atoms with van der Waals surface area (Å²) in [6, 6.07) is 17.7. The third kappa shape index (κ3) is 4.81. The summed E-state index contributed by atoms with van der Waals surface area (Å²) >= 11 is 0. The second-order valence-electron chi connectivity index (χ2n) is 8.57. The maximum absolute atomic E-state index is 12.7. The number of hydrogen-bond acceptors (Lipinski definition) is 4. The lowest BCUT2D eigenvalue weighted by molar-refractivity contribution is -0.161. The normalized spacial score (nSPS) is 21.3. The van der Waals surface area contributed by atoms with E-state index in [-0.39, 0.29) is 17.4 Å². The molecule has 0 aliphatic carbocycles. The Bertz CT molecular complexity index is 905. The summed E-state index contributed by atoms with van der Waals surface area (Å²) in [6.07, 6.45) is 2.37. The standard InChI is InChI=1S/C25H31N3O3/c1-19-24(30)28(22-6-4-3-5-7-22)18-25(31-19)13-16-27(17-14-25)15-12-20-8-10-21(11-9-20)23(29)26-2/h3-11,19H,12-18H2,1-2H3,(H,26,29). The molecule has 2 saturated heterocycles. The topological polar surface area (TPSA) is 61.9 Å². The Hall–Kier alpha value is -2.70. The largest absolute Gasteiger partial charge is 0.360 e. The summed E-state index contributed by atoms with van der Waals surface area (Å²) in [5.41, 5.74) is 2.60. The molecule has 6 heteroatoms. The SMILES string of the molecule is CNC(=O)c1ccc(CCN2CCC3(CC2)CN(c2ccccc2)C(=O)C(C)O3)cc1. The highest BCUT2D eigenvalue weighted by Crippen LogP contribution is 2.35. The first-order valence-corrected chi connectivity index (χ1v) is 11.1. The van der Waals surface area contributed by atoms with Gasteiger partial charge in [0, 0.05) is 37.9 Å². The van der Waals surface area contributed by atoms with E-state index >= 15 is 0 Å². The van der Waals surface area contributed by atoms with E-state index in [2.05, 4.69) is 10.2 Å². The lowest BCUT2D eigenvalue weighted by atomic mass is 9.88. The Morgan fingerprint density at radius 2 is 1.77 bits per heavy atom. The number of morpholine rings is 1. The van der Waals surface area contributed by atoms with E-state index in [1.165, 1.54) is 5.56 Å². The van der Waals surface area contributed by atoms with Gasteiger partial charge in [-0.1, -0.05) is 30.3 Å². The van der Waals surface area contributed by atoms with Crippen molar-refractivity contribution in [2.45, 2.75) is 37.9 Å². The highest BCUT2D eigenvalue weighted by atomic mass is 16.5. The van der Waals surface area contributed by atoms with Crippen molar-refractivity contribution in [1.29, 1.82) is 0 Å². The van der Waals surface area contributed by atoms with Crippen LogP contribution in [-0.2, 0) is 16.0 Å². The second kappa shape index (κ2) is 9.20. The van der Waals surface area contributed by atoms with Crippen molar-refractivity contribution in [1.82, 2.24) is 10.2 Å². The number of likely N-dealkylation sites (tertiary alicyclic amines) is 1. The molecule has 1 N–H and O–H groups in total. The molecule has 1 atom stereocenters. The predicted octanol–water partition coefficient (Wildman–Crippen LogP) is 2.88. The molecule has 0 bridgehead atoms. The fraction of sp³-hybridized carbons (Fsp3) is 0.440. The molecule has 4 rings (SSSR count).